The Labute approximate surface area is 135 Å². The van der Waals surface area contributed by atoms with Gasteiger partial charge >= 0.3 is 6.03 Å². The van der Waals surface area contributed by atoms with Crippen molar-refractivity contribution in [1.82, 2.24) is 9.78 Å². The first-order valence-corrected chi connectivity index (χ1v) is 6.91. The lowest BCUT2D eigenvalue weighted by Crippen LogP contribution is -2.20. The third-order valence-corrected chi connectivity index (χ3v) is 3.42. The lowest BCUT2D eigenvalue weighted by Gasteiger charge is -2.01. The highest BCUT2D eigenvalue weighted by Crippen LogP contribution is 2.23. The summed E-state index contributed by atoms with van der Waals surface area (Å²) < 4.78 is 32.8. The van der Waals surface area contributed by atoms with Crippen LogP contribution in [0.25, 0.3) is 23.1 Å². The Morgan fingerprint density at radius 1 is 1.33 bits per heavy atom. The first-order chi connectivity index (χ1) is 11.5. The highest BCUT2D eigenvalue weighted by molar-refractivity contribution is 5.95. The van der Waals surface area contributed by atoms with Gasteiger partial charge in [-0.3, -0.25) is 0 Å². The maximum absolute atomic E-state index is 13.7. The fourth-order valence-corrected chi connectivity index (χ4v) is 2.30. The number of carbonyl (C=O) groups is 1. The molecule has 5 nitrogen and oxygen atoms in total. The van der Waals surface area contributed by atoms with Gasteiger partial charge in [0, 0.05) is 17.5 Å². The van der Waals surface area contributed by atoms with Crippen LogP contribution < -0.4 is 10.5 Å². The first-order valence-electron chi connectivity index (χ1n) is 6.91. The Balaban J connectivity index is 2.04. The largest absolute Gasteiger partial charge is 0.494 e. The molecule has 121 valence electrons. The summed E-state index contributed by atoms with van der Waals surface area (Å²) in [6, 6.07) is 8.54. The van der Waals surface area contributed by atoms with Crippen LogP contribution in [0.2, 0.25) is 0 Å². The number of nitrogens with two attached hydrogens (primary N) is 1. The molecule has 1 radical (unpaired) electrons. The molecule has 3 rings (SSSR count). The number of benzene rings is 2. The Kier molecular flexibility index (Phi) is 3.99. The summed E-state index contributed by atoms with van der Waals surface area (Å²) in [5.74, 6) is -0.985. The molecule has 2 aromatic carbocycles. The Bertz CT molecular complexity index is 964. The zero-order chi connectivity index (χ0) is 17.3. The normalized spacial score (nSPS) is 11.3. The molecule has 3 aromatic rings. The topological polar surface area (TPSA) is 70.1 Å². The van der Waals surface area contributed by atoms with Crippen LogP contribution >= 0.6 is 0 Å². The van der Waals surface area contributed by atoms with E-state index in [1.807, 2.05) is 0 Å². The summed E-state index contributed by atoms with van der Waals surface area (Å²) in [5, 5.41) is 4.55. The van der Waals surface area contributed by atoms with Crippen molar-refractivity contribution in [3.63, 3.8) is 0 Å². The SMILES string of the molecule is COc1ccc(/C=C/c2nn(C(N)=O)c3cc(F)[c]cc23)cc1F. The van der Waals surface area contributed by atoms with Gasteiger partial charge in [0.25, 0.3) is 0 Å². The average Bonchev–Trinajstić information content (AvgIpc) is 2.91. The lowest BCUT2D eigenvalue weighted by molar-refractivity contribution is 0.248. The van der Waals surface area contributed by atoms with E-state index >= 15 is 0 Å². The van der Waals surface area contributed by atoms with Crippen molar-refractivity contribution < 1.29 is 18.3 Å². The van der Waals surface area contributed by atoms with E-state index in [1.165, 1.54) is 25.3 Å². The van der Waals surface area contributed by atoms with Crippen LogP contribution in [-0.2, 0) is 0 Å². The monoisotopic (exact) mass is 328 g/mol. The van der Waals surface area contributed by atoms with Gasteiger partial charge in [-0.05, 0) is 29.8 Å². The van der Waals surface area contributed by atoms with Crippen molar-refractivity contribution in [2.45, 2.75) is 0 Å². The quantitative estimate of drug-likeness (QED) is 0.802. The fourth-order valence-electron chi connectivity index (χ4n) is 2.30. The molecule has 7 heteroatoms. The molecular weight excluding hydrogens is 316 g/mol. The molecule has 0 saturated carbocycles. The van der Waals surface area contributed by atoms with Crippen LogP contribution in [0.15, 0.2) is 30.3 Å². The van der Waals surface area contributed by atoms with Crippen LogP contribution in [0, 0.1) is 17.7 Å². The molecule has 1 amide bonds. The zero-order valence-corrected chi connectivity index (χ0v) is 12.6. The summed E-state index contributed by atoms with van der Waals surface area (Å²) >= 11 is 0. The molecule has 0 saturated heterocycles. The molecule has 0 spiro atoms. The molecule has 0 fully saturated rings. The molecular formula is C17H12F2N3O2. The number of hydrogen-bond donors (Lipinski definition) is 1. The summed E-state index contributed by atoms with van der Waals surface area (Å²) in [6.07, 6.45) is 3.19. The van der Waals surface area contributed by atoms with Gasteiger partial charge < -0.3 is 10.5 Å². The average molecular weight is 328 g/mol. The minimum absolute atomic E-state index is 0.140. The lowest BCUT2D eigenvalue weighted by atomic mass is 10.1. The van der Waals surface area contributed by atoms with E-state index in [-0.39, 0.29) is 11.3 Å². The smallest absolute Gasteiger partial charge is 0.340 e. The van der Waals surface area contributed by atoms with Crippen LogP contribution in [0.5, 0.6) is 5.75 Å². The van der Waals surface area contributed by atoms with Gasteiger partial charge in [-0.25, -0.2) is 13.6 Å². The van der Waals surface area contributed by atoms with E-state index < -0.39 is 17.7 Å². The zero-order valence-electron chi connectivity index (χ0n) is 12.6. The molecule has 0 aliphatic rings. The standard InChI is InChI=1S/C17H12F2N3O2/c1-24-16-7-3-10(8-13(16)19)2-6-14-12-5-4-11(18)9-15(12)22(21-14)17(20)23/h2-3,5-9H,1H3,(H2,20,23)/b6-2+. The van der Waals surface area contributed by atoms with Crippen LogP contribution in [0.3, 0.4) is 0 Å². The number of primary amides is 1. The number of ether oxygens (including phenoxy) is 1. The minimum atomic E-state index is -0.833. The van der Waals surface area contributed by atoms with Crippen LogP contribution in [-0.4, -0.2) is 22.9 Å². The molecule has 0 atom stereocenters. The fraction of sp³-hybridized carbons (Fsp3) is 0.0588. The highest BCUT2D eigenvalue weighted by atomic mass is 19.1. The van der Waals surface area contributed by atoms with Crippen molar-refractivity contribution in [2.24, 2.45) is 5.73 Å². The van der Waals surface area contributed by atoms with Crippen LogP contribution in [0.4, 0.5) is 13.6 Å². The van der Waals surface area contributed by atoms with Gasteiger partial charge in [-0.15, -0.1) is 0 Å². The second kappa shape index (κ2) is 6.11. The van der Waals surface area contributed by atoms with Gasteiger partial charge in [0.15, 0.2) is 11.6 Å². The van der Waals surface area contributed by atoms with E-state index in [0.29, 0.717) is 16.6 Å². The molecule has 0 aliphatic heterocycles. The summed E-state index contributed by atoms with van der Waals surface area (Å²) in [4.78, 5) is 11.4. The first kappa shape index (κ1) is 15.7. The molecule has 0 unspecified atom stereocenters. The van der Waals surface area contributed by atoms with E-state index in [1.54, 1.807) is 18.2 Å². The number of amides is 1. The Hall–Kier alpha value is -3.22. The second-order valence-electron chi connectivity index (χ2n) is 4.94. The third-order valence-electron chi connectivity index (χ3n) is 3.42. The second-order valence-corrected chi connectivity index (χ2v) is 4.94. The maximum atomic E-state index is 13.7. The predicted octanol–water partition coefficient (Wildman–Crippen LogP) is 3.22. The van der Waals surface area contributed by atoms with Gasteiger partial charge in [-0.1, -0.05) is 12.1 Å². The van der Waals surface area contributed by atoms with Crippen LogP contribution in [0.1, 0.15) is 11.3 Å². The number of carbonyl (C=O) groups excluding carboxylic acids is 1. The van der Waals surface area contributed by atoms with Crippen molar-refractivity contribution >= 4 is 29.1 Å². The predicted molar refractivity (Wildman–Crippen MR) is 85.4 cm³/mol. The highest BCUT2D eigenvalue weighted by Gasteiger charge is 2.13. The number of fused-ring (bicyclic) bond motifs is 1. The van der Waals surface area contributed by atoms with Crippen molar-refractivity contribution in [3.05, 3.63) is 59.3 Å². The van der Waals surface area contributed by atoms with E-state index in [0.717, 1.165) is 10.7 Å². The van der Waals surface area contributed by atoms with Crippen molar-refractivity contribution in [1.29, 1.82) is 0 Å². The number of halogens is 2. The molecule has 1 heterocycles. The van der Waals surface area contributed by atoms with Gasteiger partial charge in [0.2, 0.25) is 0 Å². The third kappa shape index (κ3) is 2.83. The number of rotatable bonds is 3. The molecule has 0 bridgehead atoms. The minimum Gasteiger partial charge on any atom is -0.494 e. The van der Waals surface area contributed by atoms with Crippen molar-refractivity contribution in [3.8, 4) is 5.75 Å². The number of methoxy groups -OCH3 is 1. The van der Waals surface area contributed by atoms with Crippen molar-refractivity contribution in [2.75, 3.05) is 7.11 Å². The van der Waals surface area contributed by atoms with Gasteiger partial charge in [0.05, 0.1) is 18.3 Å². The summed E-state index contributed by atoms with van der Waals surface area (Å²) in [7, 11) is 1.38. The number of hydrogen-bond acceptors (Lipinski definition) is 3. The molecule has 2 N–H and O–H groups in total. The van der Waals surface area contributed by atoms with E-state index in [9.17, 15) is 13.6 Å². The molecule has 0 aliphatic carbocycles. The van der Waals surface area contributed by atoms with Gasteiger partial charge in [0.1, 0.15) is 5.82 Å². The number of nitrogens with zero attached hydrogens (tertiary/aromatic N) is 2. The Morgan fingerprint density at radius 3 is 2.79 bits per heavy atom. The number of aromatic nitrogens is 2. The Morgan fingerprint density at radius 2 is 2.12 bits per heavy atom. The van der Waals surface area contributed by atoms with Gasteiger partial charge in [-0.2, -0.15) is 9.78 Å². The maximum Gasteiger partial charge on any atom is 0.340 e. The summed E-state index contributed by atoms with van der Waals surface area (Å²) in [6.45, 7) is 0. The molecule has 1 aromatic heterocycles. The van der Waals surface area contributed by atoms with E-state index in [2.05, 4.69) is 11.2 Å². The van der Waals surface area contributed by atoms with E-state index in [4.69, 9.17) is 10.5 Å². The summed E-state index contributed by atoms with van der Waals surface area (Å²) in [5.41, 5.74) is 6.44. The molecule has 24 heavy (non-hydrogen) atoms.